The lowest BCUT2D eigenvalue weighted by Crippen LogP contribution is -2.17. The third-order valence-electron chi connectivity index (χ3n) is 3.68. The monoisotopic (exact) mass is 369 g/mol. The van der Waals surface area contributed by atoms with E-state index < -0.39 is 12.1 Å². The molecule has 0 saturated carbocycles. The maximum atomic E-state index is 12.5. The molecule has 0 spiro atoms. The highest BCUT2D eigenvalue weighted by atomic mass is 19.4. The van der Waals surface area contributed by atoms with E-state index in [-0.39, 0.29) is 5.56 Å². The first-order chi connectivity index (χ1) is 12.9. The number of benzene rings is 3. The second-order valence-corrected chi connectivity index (χ2v) is 5.71. The molecule has 0 heterocycles. The molecule has 0 bridgehead atoms. The van der Waals surface area contributed by atoms with E-state index in [0.29, 0.717) is 23.5 Å². The highest BCUT2D eigenvalue weighted by Crippen LogP contribution is 2.31. The molecule has 0 N–H and O–H groups in total. The van der Waals surface area contributed by atoms with E-state index in [1.807, 2.05) is 36.4 Å². The Kier molecular flexibility index (Phi) is 5.32. The summed E-state index contributed by atoms with van der Waals surface area (Å²) in [7, 11) is 0. The lowest BCUT2D eigenvalue weighted by molar-refractivity contribution is -0.274. The molecular weight excluding hydrogens is 355 g/mol. The zero-order chi connectivity index (χ0) is 19.3. The molecule has 0 saturated heterocycles. The lowest BCUT2D eigenvalue weighted by atomic mass is 10.0. The van der Waals surface area contributed by atoms with Gasteiger partial charge in [0.2, 0.25) is 0 Å². The second kappa shape index (κ2) is 7.83. The molecule has 0 aliphatic carbocycles. The Balaban J connectivity index is 1.85. The highest BCUT2D eigenvalue weighted by molar-refractivity contribution is 5.68. The third-order valence-corrected chi connectivity index (χ3v) is 3.68. The summed E-state index contributed by atoms with van der Waals surface area (Å²) in [6.07, 6.45) is -4.83. The van der Waals surface area contributed by atoms with Gasteiger partial charge in [-0.25, -0.2) is 0 Å². The van der Waals surface area contributed by atoms with Gasteiger partial charge in [-0.1, -0.05) is 42.5 Å². The summed E-state index contributed by atoms with van der Waals surface area (Å²) >= 11 is 0. The smallest absolute Gasteiger partial charge is 0.489 e. The third kappa shape index (κ3) is 5.25. The number of hydrogen-bond acceptors (Lipinski definition) is 3. The summed E-state index contributed by atoms with van der Waals surface area (Å²) in [6.45, 7) is 0.366. The minimum atomic E-state index is -4.83. The van der Waals surface area contributed by atoms with Crippen LogP contribution in [-0.2, 0) is 6.61 Å². The van der Waals surface area contributed by atoms with Crippen LogP contribution >= 0.6 is 0 Å². The Hall–Kier alpha value is -3.46. The van der Waals surface area contributed by atoms with Crippen molar-refractivity contribution < 1.29 is 22.6 Å². The van der Waals surface area contributed by atoms with Crippen LogP contribution in [0.2, 0.25) is 0 Å². The van der Waals surface area contributed by atoms with Crippen LogP contribution in [-0.4, -0.2) is 6.36 Å². The molecule has 0 aliphatic heterocycles. The largest absolute Gasteiger partial charge is 0.573 e. The van der Waals surface area contributed by atoms with E-state index in [4.69, 9.17) is 10.00 Å². The van der Waals surface area contributed by atoms with Crippen molar-refractivity contribution in [1.29, 1.82) is 5.26 Å². The normalized spacial score (nSPS) is 10.9. The summed E-state index contributed by atoms with van der Waals surface area (Å²) in [5.74, 6) is 0.129. The molecule has 0 unspecified atom stereocenters. The highest BCUT2D eigenvalue weighted by Gasteiger charge is 2.31. The maximum Gasteiger partial charge on any atom is 0.573 e. The number of ether oxygens (including phenoxy) is 2. The molecule has 0 fully saturated rings. The molecular formula is C21H14F3NO2. The predicted octanol–water partition coefficient (Wildman–Crippen LogP) is 5.70. The van der Waals surface area contributed by atoms with Crippen LogP contribution in [0.3, 0.4) is 0 Å². The average Bonchev–Trinajstić information content (AvgIpc) is 2.66. The van der Waals surface area contributed by atoms with Gasteiger partial charge in [0.05, 0.1) is 11.6 Å². The molecule has 3 rings (SSSR count). The number of nitriles is 1. The molecule has 136 valence electrons. The Morgan fingerprint density at radius 2 is 1.56 bits per heavy atom. The van der Waals surface area contributed by atoms with E-state index in [0.717, 1.165) is 11.6 Å². The van der Waals surface area contributed by atoms with Gasteiger partial charge < -0.3 is 9.47 Å². The van der Waals surface area contributed by atoms with Gasteiger partial charge >= 0.3 is 6.36 Å². The van der Waals surface area contributed by atoms with Gasteiger partial charge in [0.15, 0.2) is 0 Å². The van der Waals surface area contributed by atoms with E-state index >= 15 is 0 Å². The van der Waals surface area contributed by atoms with Crippen LogP contribution in [0.25, 0.3) is 11.1 Å². The number of alkyl halides is 3. The van der Waals surface area contributed by atoms with Crippen molar-refractivity contribution >= 4 is 0 Å². The van der Waals surface area contributed by atoms with Crippen molar-refractivity contribution in [3.63, 3.8) is 0 Å². The summed E-state index contributed by atoms with van der Waals surface area (Å²) in [5, 5.41) is 9.09. The molecule has 0 atom stereocenters. The van der Waals surface area contributed by atoms with Gasteiger partial charge in [-0.05, 0) is 47.0 Å². The second-order valence-electron chi connectivity index (χ2n) is 5.71. The van der Waals surface area contributed by atoms with Crippen molar-refractivity contribution in [1.82, 2.24) is 0 Å². The zero-order valence-electron chi connectivity index (χ0n) is 14.0. The van der Waals surface area contributed by atoms with Gasteiger partial charge in [-0.2, -0.15) is 5.26 Å². The Morgan fingerprint density at radius 3 is 2.26 bits per heavy atom. The molecule has 3 aromatic rings. The molecule has 3 aromatic carbocycles. The first kappa shape index (κ1) is 18.3. The molecule has 27 heavy (non-hydrogen) atoms. The van der Waals surface area contributed by atoms with Crippen molar-refractivity contribution in [2.24, 2.45) is 0 Å². The molecule has 0 aromatic heterocycles. The first-order valence-electron chi connectivity index (χ1n) is 8.01. The van der Waals surface area contributed by atoms with Gasteiger partial charge in [0.25, 0.3) is 0 Å². The fraction of sp³-hybridized carbons (Fsp3) is 0.0952. The van der Waals surface area contributed by atoms with Crippen LogP contribution in [0.15, 0.2) is 72.8 Å². The number of nitrogens with zero attached hydrogens (tertiary/aromatic N) is 1. The maximum absolute atomic E-state index is 12.5. The SMILES string of the molecule is N#Cc1cc(OC(F)(F)F)cc(-c2cccc(OCc3ccccc3)c2)c1. The van der Waals surface area contributed by atoms with Crippen LogP contribution in [0.5, 0.6) is 11.5 Å². The number of hydrogen-bond donors (Lipinski definition) is 0. The van der Waals surface area contributed by atoms with Crippen molar-refractivity contribution in [2.75, 3.05) is 0 Å². The van der Waals surface area contributed by atoms with E-state index in [2.05, 4.69) is 4.74 Å². The molecule has 6 heteroatoms. The summed E-state index contributed by atoms with van der Waals surface area (Å²) in [5.41, 5.74) is 2.11. The fourth-order valence-corrected chi connectivity index (χ4v) is 2.53. The average molecular weight is 369 g/mol. The number of rotatable bonds is 5. The minimum absolute atomic E-state index is 0.0716. The fourth-order valence-electron chi connectivity index (χ4n) is 2.53. The predicted molar refractivity (Wildman–Crippen MR) is 94.1 cm³/mol. The summed E-state index contributed by atoms with van der Waals surface area (Å²) in [4.78, 5) is 0. The topological polar surface area (TPSA) is 42.2 Å². The summed E-state index contributed by atoms with van der Waals surface area (Å²) < 4.78 is 47.2. The zero-order valence-corrected chi connectivity index (χ0v) is 14.0. The van der Waals surface area contributed by atoms with Crippen LogP contribution in [0.1, 0.15) is 11.1 Å². The minimum Gasteiger partial charge on any atom is -0.489 e. The summed E-state index contributed by atoms with van der Waals surface area (Å²) in [6, 6.07) is 22.1. The van der Waals surface area contributed by atoms with Gasteiger partial charge in [-0.15, -0.1) is 13.2 Å². The van der Waals surface area contributed by atoms with Crippen LogP contribution < -0.4 is 9.47 Å². The van der Waals surface area contributed by atoms with Crippen LogP contribution in [0.4, 0.5) is 13.2 Å². The Bertz CT molecular complexity index is 963. The first-order valence-corrected chi connectivity index (χ1v) is 8.01. The standard InChI is InChI=1S/C21H14F3NO2/c22-21(23,24)27-20-10-16(13-25)9-18(12-20)17-7-4-8-19(11-17)26-14-15-5-2-1-3-6-15/h1-12H,14H2. The van der Waals surface area contributed by atoms with Gasteiger partial charge in [-0.3, -0.25) is 0 Å². The van der Waals surface area contributed by atoms with Crippen molar-refractivity contribution in [2.45, 2.75) is 13.0 Å². The van der Waals surface area contributed by atoms with Gasteiger partial charge in [0, 0.05) is 0 Å². The molecule has 0 amide bonds. The Morgan fingerprint density at radius 1 is 0.815 bits per heavy atom. The van der Waals surface area contributed by atoms with E-state index in [1.54, 1.807) is 24.3 Å². The van der Waals surface area contributed by atoms with Gasteiger partial charge in [0.1, 0.15) is 18.1 Å². The quantitative estimate of drug-likeness (QED) is 0.579. The molecule has 0 radical (unpaired) electrons. The number of halogens is 3. The Labute approximate surface area is 154 Å². The van der Waals surface area contributed by atoms with E-state index in [9.17, 15) is 13.2 Å². The lowest BCUT2D eigenvalue weighted by Gasteiger charge is -2.12. The van der Waals surface area contributed by atoms with E-state index in [1.165, 1.54) is 12.1 Å². The molecule has 3 nitrogen and oxygen atoms in total. The van der Waals surface area contributed by atoms with Crippen molar-refractivity contribution in [3.05, 3.63) is 83.9 Å². The van der Waals surface area contributed by atoms with Crippen molar-refractivity contribution in [3.8, 4) is 28.7 Å². The molecule has 0 aliphatic rings. The van der Waals surface area contributed by atoms with Crippen LogP contribution in [0, 0.1) is 11.3 Å².